The van der Waals surface area contributed by atoms with E-state index in [2.05, 4.69) is 9.46 Å². The number of carbonyl (C=O) groups excluding carboxylic acids is 1. The van der Waals surface area contributed by atoms with Crippen LogP contribution in [0.3, 0.4) is 0 Å². The Balaban J connectivity index is 1.59. The minimum Gasteiger partial charge on any atom is -0.487 e. The predicted octanol–water partition coefficient (Wildman–Crippen LogP) is 6.76. The zero-order valence-electron chi connectivity index (χ0n) is 19.4. The smallest absolute Gasteiger partial charge is 0.487 e. The van der Waals surface area contributed by atoms with Gasteiger partial charge < -0.3 is 14.4 Å². The van der Waals surface area contributed by atoms with E-state index in [0.717, 1.165) is 23.2 Å². The molecule has 5 nitrogen and oxygen atoms in total. The van der Waals surface area contributed by atoms with Crippen LogP contribution in [0.5, 0.6) is 11.5 Å². The summed E-state index contributed by atoms with van der Waals surface area (Å²) in [6.07, 6.45) is -4.24. The maximum absolute atomic E-state index is 13.2. The molecule has 0 radical (unpaired) electrons. The summed E-state index contributed by atoms with van der Waals surface area (Å²) in [4.78, 5) is 15.0. The molecule has 4 rings (SSSR count). The van der Waals surface area contributed by atoms with Crippen molar-refractivity contribution in [3.63, 3.8) is 0 Å². The summed E-state index contributed by atoms with van der Waals surface area (Å²) >= 11 is 1.05. The van der Waals surface area contributed by atoms with E-state index in [9.17, 15) is 18.0 Å². The number of rotatable bonds is 6. The number of nitrogens with zero attached hydrogens (tertiary/aromatic N) is 1. The summed E-state index contributed by atoms with van der Waals surface area (Å²) in [6, 6.07) is 20.2. The van der Waals surface area contributed by atoms with Gasteiger partial charge in [-0.2, -0.15) is 0 Å². The van der Waals surface area contributed by atoms with Crippen LogP contribution in [0.15, 0.2) is 77.7 Å². The molecule has 0 bridgehead atoms. The van der Waals surface area contributed by atoms with Crippen LogP contribution in [0.4, 0.5) is 18.9 Å². The van der Waals surface area contributed by atoms with Gasteiger partial charge >= 0.3 is 6.36 Å². The second-order valence-corrected chi connectivity index (χ2v) is 9.66. The first-order chi connectivity index (χ1) is 16.5. The molecule has 3 aromatic rings. The van der Waals surface area contributed by atoms with Gasteiger partial charge in [0.2, 0.25) is 0 Å². The molecule has 9 heteroatoms. The summed E-state index contributed by atoms with van der Waals surface area (Å²) in [5.41, 5.74) is 1.49. The predicted molar refractivity (Wildman–Crippen MR) is 130 cm³/mol. The van der Waals surface area contributed by atoms with Crippen LogP contribution in [0.2, 0.25) is 0 Å². The average Bonchev–Trinajstić information content (AvgIpc) is 2.81. The van der Waals surface area contributed by atoms with Crippen molar-refractivity contribution in [1.29, 1.82) is 0 Å². The topological polar surface area (TPSA) is 50.8 Å². The molecule has 35 heavy (non-hydrogen) atoms. The lowest BCUT2D eigenvalue weighted by molar-refractivity contribution is -0.275. The summed E-state index contributed by atoms with van der Waals surface area (Å²) in [6.45, 7) is 3.89. The molecule has 1 unspecified atom stereocenters. The molecule has 0 saturated heterocycles. The highest BCUT2D eigenvalue weighted by Crippen LogP contribution is 2.42. The van der Waals surface area contributed by atoms with Crippen LogP contribution in [-0.2, 0) is 0 Å². The Morgan fingerprint density at radius 2 is 1.77 bits per heavy atom. The highest BCUT2D eigenvalue weighted by molar-refractivity contribution is 7.97. The quantitative estimate of drug-likeness (QED) is 0.378. The molecule has 1 amide bonds. The summed E-state index contributed by atoms with van der Waals surface area (Å²) in [7, 11) is 1.71. The molecule has 0 spiro atoms. The first kappa shape index (κ1) is 24.9. The molecule has 0 saturated carbocycles. The van der Waals surface area contributed by atoms with Crippen molar-refractivity contribution in [1.82, 2.24) is 4.72 Å². The van der Waals surface area contributed by atoms with Gasteiger partial charge in [0, 0.05) is 36.3 Å². The maximum Gasteiger partial charge on any atom is 0.573 e. The van der Waals surface area contributed by atoms with Gasteiger partial charge in [-0.25, -0.2) is 0 Å². The van der Waals surface area contributed by atoms with Gasteiger partial charge in [0.15, 0.2) is 0 Å². The maximum atomic E-state index is 13.2. The summed E-state index contributed by atoms with van der Waals surface area (Å²) in [5.74, 6) is 0.162. The van der Waals surface area contributed by atoms with E-state index in [4.69, 9.17) is 4.74 Å². The van der Waals surface area contributed by atoms with E-state index in [-0.39, 0.29) is 17.7 Å². The van der Waals surface area contributed by atoms with E-state index >= 15 is 0 Å². The minimum absolute atomic E-state index is 0.181. The van der Waals surface area contributed by atoms with E-state index in [1.54, 1.807) is 42.3 Å². The summed E-state index contributed by atoms with van der Waals surface area (Å²) < 4.78 is 52.0. The Morgan fingerprint density at radius 1 is 1.09 bits per heavy atom. The van der Waals surface area contributed by atoms with Crippen molar-refractivity contribution in [2.75, 3.05) is 11.9 Å². The van der Waals surface area contributed by atoms with Crippen molar-refractivity contribution >= 4 is 23.5 Å². The zero-order valence-corrected chi connectivity index (χ0v) is 20.2. The second-order valence-electron chi connectivity index (χ2n) is 8.79. The highest BCUT2D eigenvalue weighted by Gasteiger charge is 2.35. The molecule has 3 aromatic carbocycles. The van der Waals surface area contributed by atoms with Crippen molar-refractivity contribution < 1.29 is 27.4 Å². The molecule has 1 N–H and O–H groups in total. The molecule has 0 fully saturated rings. The Hall–Kier alpha value is -3.17. The van der Waals surface area contributed by atoms with Crippen LogP contribution >= 0.6 is 11.9 Å². The van der Waals surface area contributed by atoms with Crippen LogP contribution in [0, 0.1) is 0 Å². The second kappa shape index (κ2) is 9.83. The molecule has 1 atom stereocenters. The van der Waals surface area contributed by atoms with Crippen LogP contribution in [0.1, 0.15) is 42.2 Å². The molecular weight excluding hydrogens is 477 g/mol. The van der Waals surface area contributed by atoms with Crippen molar-refractivity contribution in [3.8, 4) is 11.5 Å². The molecule has 0 aromatic heterocycles. The van der Waals surface area contributed by atoms with Gasteiger partial charge in [-0.1, -0.05) is 30.3 Å². The molecular formula is C26H25F3N2O3S. The lowest BCUT2D eigenvalue weighted by Gasteiger charge is -2.38. The lowest BCUT2D eigenvalue weighted by atomic mass is 9.89. The fourth-order valence-corrected chi connectivity index (χ4v) is 4.77. The zero-order chi connectivity index (χ0) is 25.2. The van der Waals surface area contributed by atoms with Crippen LogP contribution in [-0.4, -0.2) is 24.9 Å². The number of anilines is 1. The fraction of sp³-hybridized carbons (Fsp3) is 0.269. The lowest BCUT2D eigenvalue weighted by Crippen LogP contribution is -2.38. The Kier molecular flexibility index (Phi) is 7.00. The van der Waals surface area contributed by atoms with Crippen molar-refractivity contribution in [2.45, 2.75) is 43.2 Å². The average molecular weight is 503 g/mol. The number of fused-ring (bicyclic) bond motifs is 1. The van der Waals surface area contributed by atoms with Gasteiger partial charge in [-0.05, 0) is 68.3 Å². The van der Waals surface area contributed by atoms with Crippen molar-refractivity contribution in [3.05, 3.63) is 83.9 Å². The van der Waals surface area contributed by atoms with E-state index < -0.39 is 12.0 Å². The van der Waals surface area contributed by atoms with E-state index in [1.807, 2.05) is 44.2 Å². The Labute approximate surface area is 206 Å². The number of halogens is 3. The Bertz CT molecular complexity index is 1200. The highest BCUT2D eigenvalue weighted by atomic mass is 32.2. The number of para-hydroxylation sites is 2. The third kappa shape index (κ3) is 6.10. The first-order valence-corrected chi connectivity index (χ1v) is 11.8. The van der Waals surface area contributed by atoms with Gasteiger partial charge in [0.1, 0.15) is 17.1 Å². The number of nitrogens with one attached hydrogen (secondary N) is 1. The SMILES string of the molecule is CN(C(=O)c1ccc2c(c1)C(NSc1ccccc1OC(F)(F)F)CC(C)(C)O2)c1ccccc1. The van der Waals surface area contributed by atoms with Gasteiger partial charge in [-0.15, -0.1) is 13.2 Å². The largest absolute Gasteiger partial charge is 0.573 e. The molecule has 1 aliphatic heterocycles. The third-order valence-electron chi connectivity index (χ3n) is 5.55. The van der Waals surface area contributed by atoms with Crippen LogP contribution < -0.4 is 19.1 Å². The normalized spacial score (nSPS) is 16.7. The van der Waals surface area contributed by atoms with Gasteiger partial charge in [-0.3, -0.25) is 9.52 Å². The number of hydrogen-bond acceptors (Lipinski definition) is 5. The van der Waals surface area contributed by atoms with Crippen LogP contribution in [0.25, 0.3) is 0 Å². The summed E-state index contributed by atoms with van der Waals surface area (Å²) in [5, 5.41) is 0. The molecule has 1 aliphatic rings. The minimum atomic E-state index is -4.79. The number of alkyl halides is 3. The van der Waals surface area contributed by atoms with Gasteiger partial charge in [0.25, 0.3) is 5.91 Å². The van der Waals surface area contributed by atoms with Gasteiger partial charge in [0.05, 0.1) is 4.90 Å². The number of carbonyl (C=O) groups is 1. The Morgan fingerprint density at radius 3 is 2.49 bits per heavy atom. The number of ether oxygens (including phenoxy) is 2. The molecule has 1 heterocycles. The van der Waals surface area contributed by atoms with Crippen molar-refractivity contribution in [2.24, 2.45) is 0 Å². The van der Waals surface area contributed by atoms with E-state index in [0.29, 0.717) is 22.6 Å². The molecule has 184 valence electrons. The standard InChI is InChI=1S/C26H25F3N2O3S/c1-25(2)16-20(30-35-23-12-8-7-11-22(23)34-26(27,28)29)19-15-17(13-14-21(19)33-25)24(32)31(3)18-9-5-4-6-10-18/h4-15,20,30H,16H2,1-3H3. The number of amides is 1. The third-order valence-corrected chi connectivity index (χ3v) is 6.51. The monoisotopic (exact) mass is 502 g/mol. The number of benzene rings is 3. The van der Waals surface area contributed by atoms with E-state index in [1.165, 1.54) is 12.1 Å². The first-order valence-electron chi connectivity index (χ1n) is 11.0. The number of hydrogen-bond donors (Lipinski definition) is 1. The molecule has 0 aliphatic carbocycles. The fourth-order valence-electron chi connectivity index (χ4n) is 3.93.